The van der Waals surface area contributed by atoms with Crippen LogP contribution in [0, 0.1) is 5.92 Å². The highest BCUT2D eigenvalue weighted by atomic mass is 127. The summed E-state index contributed by atoms with van der Waals surface area (Å²) in [5.41, 5.74) is 2.48. The summed E-state index contributed by atoms with van der Waals surface area (Å²) in [5.74, 6) is 0.499. The first-order chi connectivity index (χ1) is 5.75. The summed E-state index contributed by atoms with van der Waals surface area (Å²) in [6, 6.07) is 0.360. The van der Waals surface area contributed by atoms with Gasteiger partial charge in [-0.25, -0.2) is 0 Å². The molecule has 0 spiro atoms. The molecular weight excluding hydrogens is 292 g/mol. The molecule has 0 aromatic carbocycles. The van der Waals surface area contributed by atoms with Crippen LogP contribution in [0.5, 0.6) is 0 Å². The molecule has 3 heteroatoms. The first-order valence-corrected chi connectivity index (χ1v) is 4.35. The van der Waals surface area contributed by atoms with Gasteiger partial charge in [0, 0.05) is 11.6 Å². The van der Waals surface area contributed by atoms with E-state index in [0.29, 0.717) is 12.0 Å². The van der Waals surface area contributed by atoms with Gasteiger partial charge in [-0.05, 0) is 19.9 Å². The molecule has 1 aliphatic carbocycles. The summed E-state index contributed by atoms with van der Waals surface area (Å²) in [7, 11) is 0. The van der Waals surface area contributed by atoms with E-state index in [1.165, 1.54) is 5.57 Å². The zero-order valence-corrected chi connectivity index (χ0v) is 10.6. The van der Waals surface area contributed by atoms with Gasteiger partial charge in [-0.15, -0.1) is 24.0 Å². The standard InChI is InChI=1S/C11H13N.FH.HI/c1-8-3-6-11-10(7-8)5-4-9(2)12-11;;/h3-7,10-11H,1-2H3;2*1H. The Kier molecular flexibility index (Phi) is 5.26. The van der Waals surface area contributed by atoms with Crippen LogP contribution in [0.1, 0.15) is 13.8 Å². The highest BCUT2D eigenvalue weighted by Crippen LogP contribution is 2.23. The summed E-state index contributed by atoms with van der Waals surface area (Å²) < 4.78 is 0. The Morgan fingerprint density at radius 2 is 1.86 bits per heavy atom. The van der Waals surface area contributed by atoms with Crippen LogP contribution >= 0.6 is 24.0 Å². The number of hydrogen-bond acceptors (Lipinski definition) is 1. The summed E-state index contributed by atoms with van der Waals surface area (Å²) in [6.45, 7) is 4.18. The van der Waals surface area contributed by atoms with Crippen molar-refractivity contribution >= 4 is 29.7 Å². The summed E-state index contributed by atoms with van der Waals surface area (Å²) in [4.78, 5) is 4.54. The van der Waals surface area contributed by atoms with Crippen LogP contribution in [0.2, 0.25) is 0 Å². The molecule has 2 aliphatic rings. The minimum Gasteiger partial charge on any atom is -0.282 e. The lowest BCUT2D eigenvalue weighted by molar-refractivity contribution is 0.674. The normalized spacial score (nSPS) is 27.9. The average molecular weight is 307 g/mol. The quantitative estimate of drug-likeness (QED) is 0.609. The van der Waals surface area contributed by atoms with Crippen LogP contribution in [0.15, 0.2) is 40.9 Å². The third-order valence-electron chi connectivity index (χ3n) is 2.32. The van der Waals surface area contributed by atoms with Crippen molar-refractivity contribution in [1.82, 2.24) is 0 Å². The summed E-state index contributed by atoms with van der Waals surface area (Å²) in [6.07, 6.45) is 10.9. The highest BCUT2D eigenvalue weighted by molar-refractivity contribution is 14.0. The number of halogens is 2. The fraction of sp³-hybridized carbons (Fsp3) is 0.364. The number of dihydropyridines is 1. The molecule has 78 valence electrons. The number of rotatable bonds is 0. The van der Waals surface area contributed by atoms with Crippen LogP contribution in [0.3, 0.4) is 0 Å². The van der Waals surface area contributed by atoms with Crippen molar-refractivity contribution in [1.29, 1.82) is 0 Å². The highest BCUT2D eigenvalue weighted by Gasteiger charge is 2.18. The van der Waals surface area contributed by atoms with Gasteiger partial charge in [-0.1, -0.05) is 29.9 Å². The maximum Gasteiger partial charge on any atom is 0.0783 e. The van der Waals surface area contributed by atoms with E-state index < -0.39 is 0 Å². The van der Waals surface area contributed by atoms with E-state index >= 15 is 0 Å². The van der Waals surface area contributed by atoms with Gasteiger partial charge in [-0.2, -0.15) is 0 Å². The van der Waals surface area contributed by atoms with Gasteiger partial charge in [-0.3, -0.25) is 9.70 Å². The van der Waals surface area contributed by atoms with E-state index in [1.807, 2.05) is 6.92 Å². The van der Waals surface area contributed by atoms with E-state index in [1.54, 1.807) is 0 Å². The minimum atomic E-state index is 0. The van der Waals surface area contributed by atoms with Gasteiger partial charge in [0.2, 0.25) is 0 Å². The molecule has 1 nitrogen and oxygen atoms in total. The predicted octanol–water partition coefficient (Wildman–Crippen LogP) is 3.29. The monoisotopic (exact) mass is 307 g/mol. The Hall–Kier alpha value is -0.450. The van der Waals surface area contributed by atoms with Crippen molar-refractivity contribution in [2.75, 3.05) is 0 Å². The van der Waals surface area contributed by atoms with Crippen molar-refractivity contribution in [2.45, 2.75) is 19.9 Å². The molecule has 0 amide bonds. The molecule has 14 heavy (non-hydrogen) atoms. The molecule has 1 heterocycles. The van der Waals surface area contributed by atoms with Crippen molar-refractivity contribution in [3.8, 4) is 0 Å². The van der Waals surface area contributed by atoms with Gasteiger partial charge in [0.25, 0.3) is 0 Å². The van der Waals surface area contributed by atoms with E-state index in [-0.39, 0.29) is 28.7 Å². The first kappa shape index (κ1) is 13.5. The largest absolute Gasteiger partial charge is 0.282 e. The van der Waals surface area contributed by atoms with Crippen molar-refractivity contribution < 1.29 is 4.70 Å². The Balaban J connectivity index is 0.000000845. The lowest BCUT2D eigenvalue weighted by Crippen LogP contribution is -2.19. The second-order valence-corrected chi connectivity index (χ2v) is 3.47. The number of nitrogens with zero attached hydrogens (tertiary/aromatic N) is 1. The van der Waals surface area contributed by atoms with E-state index in [2.05, 4.69) is 42.3 Å². The summed E-state index contributed by atoms with van der Waals surface area (Å²) in [5, 5.41) is 0. The fourth-order valence-electron chi connectivity index (χ4n) is 1.66. The van der Waals surface area contributed by atoms with Crippen molar-refractivity contribution in [3.63, 3.8) is 0 Å². The summed E-state index contributed by atoms with van der Waals surface area (Å²) >= 11 is 0. The number of hydrogen-bond donors (Lipinski definition) is 0. The minimum absolute atomic E-state index is 0. The molecule has 0 saturated carbocycles. The van der Waals surface area contributed by atoms with Crippen LogP contribution in [0.25, 0.3) is 0 Å². The second kappa shape index (κ2) is 5.44. The number of fused-ring (bicyclic) bond motifs is 1. The van der Waals surface area contributed by atoms with Gasteiger partial charge >= 0.3 is 0 Å². The SMILES string of the molecule is CC1=CC2C=CC(C)=NC2C=C1.F.I. The predicted molar refractivity (Wildman–Crippen MR) is 70.3 cm³/mol. The molecule has 2 atom stereocenters. The molecule has 2 unspecified atom stereocenters. The van der Waals surface area contributed by atoms with Gasteiger partial charge in [0.05, 0.1) is 6.04 Å². The molecule has 0 fully saturated rings. The van der Waals surface area contributed by atoms with Crippen LogP contribution in [-0.4, -0.2) is 11.8 Å². The molecule has 0 aromatic rings. The Bertz CT molecular complexity index is 283. The van der Waals surface area contributed by atoms with Crippen LogP contribution in [0.4, 0.5) is 4.70 Å². The number of allylic oxidation sites excluding steroid dienone is 3. The lowest BCUT2D eigenvalue weighted by Gasteiger charge is -2.22. The van der Waals surface area contributed by atoms with E-state index in [4.69, 9.17) is 0 Å². The van der Waals surface area contributed by atoms with Crippen LogP contribution in [-0.2, 0) is 0 Å². The van der Waals surface area contributed by atoms with Gasteiger partial charge < -0.3 is 0 Å². The van der Waals surface area contributed by atoms with E-state index in [0.717, 1.165) is 5.71 Å². The molecule has 1 aliphatic heterocycles. The third-order valence-corrected chi connectivity index (χ3v) is 2.32. The molecule has 0 N–H and O–H groups in total. The van der Waals surface area contributed by atoms with Gasteiger partial charge in [0.1, 0.15) is 0 Å². The zero-order valence-electron chi connectivity index (χ0n) is 8.31. The fourth-order valence-corrected chi connectivity index (χ4v) is 1.66. The molecule has 0 bridgehead atoms. The lowest BCUT2D eigenvalue weighted by atomic mass is 9.90. The Labute approximate surface area is 101 Å². The topological polar surface area (TPSA) is 12.4 Å². The Morgan fingerprint density at radius 1 is 1.14 bits per heavy atom. The maximum atomic E-state index is 4.54. The Morgan fingerprint density at radius 3 is 2.57 bits per heavy atom. The van der Waals surface area contributed by atoms with Crippen molar-refractivity contribution in [3.05, 3.63) is 36.0 Å². The molecule has 2 rings (SSSR count). The molecular formula is C11H15FIN. The van der Waals surface area contributed by atoms with Crippen LogP contribution < -0.4 is 0 Å². The molecule has 0 radical (unpaired) electrons. The molecule has 0 aromatic heterocycles. The van der Waals surface area contributed by atoms with E-state index in [9.17, 15) is 0 Å². The molecule has 0 saturated heterocycles. The van der Waals surface area contributed by atoms with Gasteiger partial charge in [0.15, 0.2) is 0 Å². The van der Waals surface area contributed by atoms with Crippen molar-refractivity contribution in [2.24, 2.45) is 10.9 Å². The zero-order chi connectivity index (χ0) is 8.55. The first-order valence-electron chi connectivity index (χ1n) is 4.35. The second-order valence-electron chi connectivity index (χ2n) is 3.47. The smallest absolute Gasteiger partial charge is 0.0783 e. The third kappa shape index (κ3) is 2.77. The maximum absolute atomic E-state index is 4.54. The number of aliphatic imine (C=N–C) groups is 1. The average Bonchev–Trinajstić information content (AvgIpc) is 2.05.